The van der Waals surface area contributed by atoms with Gasteiger partial charge in [-0.1, -0.05) is 69.6 Å². The first kappa shape index (κ1) is 21.4. The molecule has 1 aromatic heterocycles. The van der Waals surface area contributed by atoms with Gasteiger partial charge in [-0.15, -0.1) is 0 Å². The van der Waals surface area contributed by atoms with E-state index in [0.717, 1.165) is 23.9 Å². The molecule has 0 spiro atoms. The number of nitrogens with zero attached hydrogens (tertiary/aromatic N) is 2. The zero-order valence-electron chi connectivity index (χ0n) is 18.4. The molecule has 0 radical (unpaired) electrons. The predicted octanol–water partition coefficient (Wildman–Crippen LogP) is 5.07. The van der Waals surface area contributed by atoms with Crippen molar-refractivity contribution < 1.29 is 9.90 Å². The lowest BCUT2D eigenvalue weighted by Gasteiger charge is -2.34. The van der Waals surface area contributed by atoms with Gasteiger partial charge in [0.25, 0.3) is 5.91 Å². The van der Waals surface area contributed by atoms with Gasteiger partial charge in [0.05, 0.1) is 17.7 Å². The van der Waals surface area contributed by atoms with Crippen LogP contribution < -0.4 is 5.32 Å². The molecule has 1 heterocycles. The van der Waals surface area contributed by atoms with Crippen molar-refractivity contribution in [2.45, 2.75) is 89.6 Å². The first-order chi connectivity index (χ1) is 14.6. The molecule has 0 saturated heterocycles. The van der Waals surface area contributed by atoms with E-state index in [-0.39, 0.29) is 12.5 Å². The quantitative estimate of drug-likeness (QED) is 0.668. The zero-order valence-corrected chi connectivity index (χ0v) is 18.4. The predicted molar refractivity (Wildman–Crippen MR) is 120 cm³/mol. The van der Waals surface area contributed by atoms with Gasteiger partial charge in [-0.25, -0.2) is 0 Å². The molecule has 1 atom stereocenters. The third-order valence-corrected chi connectivity index (χ3v) is 7.26. The Morgan fingerprint density at radius 1 is 1.07 bits per heavy atom. The smallest absolute Gasteiger partial charge is 0.272 e. The van der Waals surface area contributed by atoms with E-state index >= 15 is 0 Å². The minimum Gasteiger partial charge on any atom is -0.394 e. The van der Waals surface area contributed by atoms with Crippen LogP contribution in [0.1, 0.15) is 88.0 Å². The maximum Gasteiger partial charge on any atom is 0.272 e. The number of para-hydroxylation sites is 1. The van der Waals surface area contributed by atoms with Crippen LogP contribution in [0, 0.1) is 11.8 Å². The molecule has 30 heavy (non-hydrogen) atoms. The van der Waals surface area contributed by atoms with Crippen molar-refractivity contribution in [1.82, 2.24) is 15.1 Å². The van der Waals surface area contributed by atoms with Crippen LogP contribution in [0.5, 0.6) is 0 Å². The number of benzene rings is 1. The van der Waals surface area contributed by atoms with Gasteiger partial charge in [0, 0.05) is 11.9 Å². The molecule has 164 valence electrons. The number of fused-ring (bicyclic) bond motifs is 1. The number of hydrogen-bond acceptors (Lipinski definition) is 3. The van der Waals surface area contributed by atoms with E-state index in [1.807, 2.05) is 29.8 Å². The van der Waals surface area contributed by atoms with Crippen LogP contribution in [0.4, 0.5) is 0 Å². The van der Waals surface area contributed by atoms with Crippen LogP contribution in [0.15, 0.2) is 24.3 Å². The highest BCUT2D eigenvalue weighted by Gasteiger charge is 2.32. The fraction of sp³-hybridized carbons (Fsp3) is 0.680. The number of rotatable bonds is 7. The molecule has 2 saturated carbocycles. The van der Waals surface area contributed by atoms with Gasteiger partial charge >= 0.3 is 0 Å². The molecule has 1 amide bonds. The van der Waals surface area contributed by atoms with E-state index < -0.39 is 5.54 Å². The molecule has 2 aromatic rings. The molecule has 2 N–H and O–H groups in total. The summed E-state index contributed by atoms with van der Waals surface area (Å²) >= 11 is 0. The first-order valence-electron chi connectivity index (χ1n) is 12.0. The first-order valence-corrected chi connectivity index (χ1v) is 12.0. The fourth-order valence-electron chi connectivity index (χ4n) is 5.57. The normalized spacial score (nSPS) is 20.9. The topological polar surface area (TPSA) is 67.2 Å². The largest absolute Gasteiger partial charge is 0.394 e. The maximum atomic E-state index is 13.3. The third-order valence-electron chi connectivity index (χ3n) is 7.26. The van der Waals surface area contributed by atoms with Gasteiger partial charge in [0.1, 0.15) is 0 Å². The van der Waals surface area contributed by atoms with E-state index in [1.54, 1.807) is 0 Å². The van der Waals surface area contributed by atoms with Gasteiger partial charge in [-0.2, -0.15) is 5.10 Å². The van der Waals surface area contributed by atoms with E-state index in [1.165, 1.54) is 64.2 Å². The number of carbonyl (C=O) groups is 1. The summed E-state index contributed by atoms with van der Waals surface area (Å²) in [5, 5.41) is 18.9. The number of aliphatic hydroxyl groups excluding tert-OH is 1. The number of aromatic nitrogens is 2. The van der Waals surface area contributed by atoms with Gasteiger partial charge in [0.15, 0.2) is 5.69 Å². The maximum absolute atomic E-state index is 13.3. The molecule has 0 aliphatic heterocycles. The second-order valence-corrected chi connectivity index (χ2v) is 9.93. The van der Waals surface area contributed by atoms with Crippen molar-refractivity contribution in [3.05, 3.63) is 30.0 Å². The number of amides is 1. The monoisotopic (exact) mass is 411 g/mol. The van der Waals surface area contributed by atoms with Crippen molar-refractivity contribution in [3.63, 3.8) is 0 Å². The zero-order chi connectivity index (χ0) is 21.0. The Bertz CT molecular complexity index is 849. The van der Waals surface area contributed by atoms with E-state index in [2.05, 4.69) is 11.4 Å². The molecular formula is C25H37N3O2. The Morgan fingerprint density at radius 2 is 1.70 bits per heavy atom. The van der Waals surface area contributed by atoms with Crippen LogP contribution in [0.25, 0.3) is 10.9 Å². The van der Waals surface area contributed by atoms with E-state index in [9.17, 15) is 9.90 Å². The minimum atomic E-state index is -0.604. The Morgan fingerprint density at radius 3 is 2.37 bits per heavy atom. The van der Waals surface area contributed by atoms with Crippen molar-refractivity contribution in [3.8, 4) is 0 Å². The Hall–Kier alpha value is -1.88. The van der Waals surface area contributed by atoms with Crippen LogP contribution in [-0.4, -0.2) is 32.9 Å². The lowest BCUT2D eigenvalue weighted by molar-refractivity contribution is 0.0799. The summed E-state index contributed by atoms with van der Waals surface area (Å²) in [6.45, 7) is 2.81. The SMILES string of the molecule is C[C@@](CO)(CC1CCCCC1)NC(=O)c1nn(CC2CCCCC2)c2ccccc12. The molecule has 0 unspecified atom stereocenters. The highest BCUT2D eigenvalue weighted by molar-refractivity contribution is 6.05. The van der Waals surface area contributed by atoms with Gasteiger partial charge in [-0.3, -0.25) is 9.48 Å². The van der Waals surface area contributed by atoms with Crippen molar-refractivity contribution in [1.29, 1.82) is 0 Å². The van der Waals surface area contributed by atoms with Crippen LogP contribution >= 0.6 is 0 Å². The summed E-state index contributed by atoms with van der Waals surface area (Å²) in [4.78, 5) is 13.3. The highest BCUT2D eigenvalue weighted by Crippen LogP contribution is 2.31. The molecule has 2 aliphatic rings. The lowest BCUT2D eigenvalue weighted by Crippen LogP contribution is -2.50. The fourth-order valence-corrected chi connectivity index (χ4v) is 5.57. The van der Waals surface area contributed by atoms with Crippen LogP contribution in [0.2, 0.25) is 0 Å². The summed E-state index contributed by atoms with van der Waals surface area (Å²) in [6, 6.07) is 8.05. The van der Waals surface area contributed by atoms with E-state index in [4.69, 9.17) is 5.10 Å². The van der Waals surface area contributed by atoms with Gasteiger partial charge < -0.3 is 10.4 Å². The molecule has 2 fully saturated rings. The summed E-state index contributed by atoms with van der Waals surface area (Å²) in [5.74, 6) is 1.06. The van der Waals surface area contributed by atoms with Gasteiger partial charge in [0.2, 0.25) is 0 Å². The van der Waals surface area contributed by atoms with Gasteiger partial charge in [-0.05, 0) is 44.1 Å². The summed E-state index contributed by atoms with van der Waals surface area (Å²) in [5.41, 5.74) is 0.920. The number of hydrogen-bond donors (Lipinski definition) is 2. The average Bonchev–Trinajstić information content (AvgIpc) is 3.14. The minimum absolute atomic E-state index is 0.0457. The molecular weight excluding hydrogens is 374 g/mol. The second-order valence-electron chi connectivity index (χ2n) is 9.93. The second kappa shape index (κ2) is 9.51. The Balaban J connectivity index is 1.53. The average molecular weight is 412 g/mol. The van der Waals surface area contributed by atoms with Crippen molar-refractivity contribution in [2.75, 3.05) is 6.61 Å². The van der Waals surface area contributed by atoms with Crippen molar-refractivity contribution >= 4 is 16.8 Å². The van der Waals surface area contributed by atoms with E-state index in [0.29, 0.717) is 17.5 Å². The number of aliphatic hydroxyl groups is 1. The molecule has 1 aromatic carbocycles. The van der Waals surface area contributed by atoms with Crippen LogP contribution in [-0.2, 0) is 6.54 Å². The van der Waals surface area contributed by atoms with Crippen molar-refractivity contribution in [2.24, 2.45) is 11.8 Å². The Labute approximate surface area is 180 Å². The molecule has 2 aliphatic carbocycles. The molecule has 0 bridgehead atoms. The molecule has 4 rings (SSSR count). The summed E-state index contributed by atoms with van der Waals surface area (Å²) in [6.07, 6.45) is 13.5. The standard InChI is InChI=1S/C25H37N3O2/c1-25(18-29,16-19-10-4-2-5-11-19)26-24(30)23-21-14-8-9-15-22(21)28(27-23)17-20-12-6-3-7-13-20/h8-9,14-15,19-20,29H,2-7,10-13,16-18H2,1H3,(H,26,30)/t25-/m0/s1. The molecule has 5 heteroatoms. The number of carbonyl (C=O) groups excluding carboxylic acids is 1. The third kappa shape index (κ3) is 4.88. The number of nitrogens with one attached hydrogen (secondary N) is 1. The summed E-state index contributed by atoms with van der Waals surface area (Å²) in [7, 11) is 0. The molecule has 5 nitrogen and oxygen atoms in total. The van der Waals surface area contributed by atoms with Crippen LogP contribution in [0.3, 0.4) is 0 Å². The Kier molecular flexibility index (Phi) is 6.77. The lowest BCUT2D eigenvalue weighted by atomic mass is 9.80. The summed E-state index contributed by atoms with van der Waals surface area (Å²) < 4.78 is 2.04. The highest BCUT2D eigenvalue weighted by atomic mass is 16.3.